The average molecular weight is 314 g/mol. The van der Waals surface area contributed by atoms with E-state index in [1.54, 1.807) is 0 Å². The zero-order valence-corrected chi connectivity index (χ0v) is 12.4. The quantitative estimate of drug-likeness (QED) is 0.821. The predicted molar refractivity (Wildman–Crippen MR) is 76.5 cm³/mol. The third kappa shape index (κ3) is 4.53. The molecule has 0 fully saturated rings. The Balaban J connectivity index is 0.00000289. The van der Waals surface area contributed by atoms with E-state index in [0.717, 1.165) is 0 Å². The zero-order chi connectivity index (χ0) is 12.8. The number of likely N-dealkylation sites (N-methyl/N-ethyl adjacent to an activating group) is 1. The Morgan fingerprint density at radius 1 is 1.28 bits per heavy atom. The van der Waals surface area contributed by atoms with Gasteiger partial charge in [0.25, 0.3) is 5.91 Å². The van der Waals surface area contributed by atoms with Gasteiger partial charge in [0.15, 0.2) is 0 Å². The number of methoxy groups -OCH3 is 1. The van der Waals surface area contributed by atoms with Crippen LogP contribution in [0, 0.1) is 0 Å². The van der Waals surface area contributed by atoms with Crippen molar-refractivity contribution in [2.75, 3.05) is 27.2 Å². The van der Waals surface area contributed by atoms with E-state index in [2.05, 4.69) is 10.6 Å². The fourth-order valence-corrected chi connectivity index (χ4v) is 1.59. The number of carbonyl (C=O) groups excluding carboxylic acids is 1. The van der Waals surface area contributed by atoms with Gasteiger partial charge in [0.05, 0.1) is 22.7 Å². The SMILES string of the molecule is CNCCNC(=O)c1cc(Cl)c(Cl)cc1OC.Cl. The van der Waals surface area contributed by atoms with Crippen molar-refractivity contribution in [1.82, 2.24) is 10.6 Å². The van der Waals surface area contributed by atoms with Crippen LogP contribution in [0.4, 0.5) is 0 Å². The summed E-state index contributed by atoms with van der Waals surface area (Å²) in [6, 6.07) is 3.02. The lowest BCUT2D eigenvalue weighted by molar-refractivity contribution is 0.0951. The molecule has 0 saturated heterocycles. The zero-order valence-electron chi connectivity index (χ0n) is 10.0. The molecule has 0 radical (unpaired) electrons. The second-order valence-electron chi connectivity index (χ2n) is 3.33. The topological polar surface area (TPSA) is 50.4 Å². The molecule has 1 aromatic rings. The van der Waals surface area contributed by atoms with E-state index < -0.39 is 0 Å². The number of hydrogen-bond acceptors (Lipinski definition) is 3. The van der Waals surface area contributed by atoms with Crippen LogP contribution < -0.4 is 15.4 Å². The molecule has 2 N–H and O–H groups in total. The van der Waals surface area contributed by atoms with E-state index >= 15 is 0 Å². The molecule has 4 nitrogen and oxygen atoms in total. The summed E-state index contributed by atoms with van der Waals surface area (Å²) >= 11 is 11.7. The van der Waals surface area contributed by atoms with Crippen molar-refractivity contribution < 1.29 is 9.53 Å². The second kappa shape index (κ2) is 8.43. The molecule has 1 rings (SSSR count). The summed E-state index contributed by atoms with van der Waals surface area (Å²) in [6.45, 7) is 1.22. The standard InChI is InChI=1S/C11H14Cl2N2O2.ClH/c1-14-3-4-15-11(16)7-5-8(12)9(13)6-10(7)17-2;/h5-6,14H,3-4H2,1-2H3,(H,15,16);1H. The lowest BCUT2D eigenvalue weighted by Gasteiger charge is -2.10. The van der Waals surface area contributed by atoms with E-state index in [0.29, 0.717) is 34.4 Å². The Kier molecular flexibility index (Phi) is 8.11. The minimum atomic E-state index is -0.240. The number of benzene rings is 1. The predicted octanol–water partition coefficient (Wildman–Crippen LogP) is 2.37. The number of halogens is 3. The molecule has 0 aliphatic rings. The van der Waals surface area contributed by atoms with Crippen LogP contribution in [0.25, 0.3) is 0 Å². The summed E-state index contributed by atoms with van der Waals surface area (Å²) in [4.78, 5) is 11.8. The molecule has 0 aliphatic heterocycles. The number of amides is 1. The molecule has 0 heterocycles. The maximum Gasteiger partial charge on any atom is 0.255 e. The van der Waals surface area contributed by atoms with Crippen molar-refractivity contribution >= 4 is 41.5 Å². The highest BCUT2D eigenvalue weighted by atomic mass is 35.5. The minimum Gasteiger partial charge on any atom is -0.496 e. The molecule has 18 heavy (non-hydrogen) atoms. The molecular formula is C11H15Cl3N2O2. The van der Waals surface area contributed by atoms with Crippen LogP contribution in [0.3, 0.4) is 0 Å². The monoisotopic (exact) mass is 312 g/mol. The summed E-state index contributed by atoms with van der Waals surface area (Å²) < 4.78 is 5.09. The molecule has 0 spiro atoms. The Bertz CT molecular complexity index is 414. The van der Waals surface area contributed by atoms with Gasteiger partial charge < -0.3 is 15.4 Å². The number of rotatable bonds is 5. The molecule has 0 aliphatic carbocycles. The fraction of sp³-hybridized carbons (Fsp3) is 0.364. The van der Waals surface area contributed by atoms with Gasteiger partial charge in [-0.05, 0) is 13.1 Å². The Morgan fingerprint density at radius 3 is 2.44 bits per heavy atom. The third-order valence-corrected chi connectivity index (χ3v) is 2.87. The summed E-state index contributed by atoms with van der Waals surface area (Å²) in [5, 5.41) is 6.35. The van der Waals surface area contributed by atoms with Gasteiger partial charge in [-0.1, -0.05) is 23.2 Å². The fourth-order valence-electron chi connectivity index (χ4n) is 1.27. The van der Waals surface area contributed by atoms with Gasteiger partial charge in [-0.15, -0.1) is 12.4 Å². The molecule has 0 saturated carbocycles. The highest BCUT2D eigenvalue weighted by Gasteiger charge is 2.14. The van der Waals surface area contributed by atoms with Crippen LogP contribution in [-0.4, -0.2) is 33.2 Å². The van der Waals surface area contributed by atoms with E-state index in [4.69, 9.17) is 27.9 Å². The summed E-state index contributed by atoms with van der Waals surface area (Å²) in [5.41, 5.74) is 0.373. The average Bonchev–Trinajstić information content (AvgIpc) is 2.32. The van der Waals surface area contributed by atoms with Crippen LogP contribution in [0.5, 0.6) is 5.75 Å². The van der Waals surface area contributed by atoms with Crippen LogP contribution >= 0.6 is 35.6 Å². The van der Waals surface area contributed by atoms with Crippen molar-refractivity contribution in [3.8, 4) is 5.75 Å². The molecule has 102 valence electrons. The Labute approximate surface area is 122 Å². The van der Waals surface area contributed by atoms with Crippen molar-refractivity contribution in [2.45, 2.75) is 0 Å². The number of hydrogen-bond donors (Lipinski definition) is 2. The first-order valence-corrected chi connectivity index (χ1v) is 5.81. The van der Waals surface area contributed by atoms with Crippen LogP contribution in [0.2, 0.25) is 10.0 Å². The van der Waals surface area contributed by atoms with Crippen molar-refractivity contribution in [2.24, 2.45) is 0 Å². The van der Waals surface area contributed by atoms with E-state index in [-0.39, 0.29) is 18.3 Å². The molecule has 1 aromatic carbocycles. The van der Waals surface area contributed by atoms with Crippen molar-refractivity contribution in [3.63, 3.8) is 0 Å². The Hall–Kier alpha value is -0.680. The first kappa shape index (κ1) is 17.3. The summed E-state index contributed by atoms with van der Waals surface area (Å²) in [7, 11) is 3.29. The van der Waals surface area contributed by atoms with Gasteiger partial charge in [-0.2, -0.15) is 0 Å². The van der Waals surface area contributed by atoms with E-state index in [1.165, 1.54) is 19.2 Å². The van der Waals surface area contributed by atoms with E-state index in [9.17, 15) is 4.79 Å². The molecular weight excluding hydrogens is 298 g/mol. The highest BCUT2D eigenvalue weighted by Crippen LogP contribution is 2.30. The van der Waals surface area contributed by atoms with Crippen molar-refractivity contribution in [3.05, 3.63) is 27.7 Å². The first-order chi connectivity index (χ1) is 8.10. The molecule has 0 aromatic heterocycles. The molecule has 0 bridgehead atoms. The minimum absolute atomic E-state index is 0. The van der Waals surface area contributed by atoms with Gasteiger partial charge in [0, 0.05) is 19.2 Å². The number of carbonyl (C=O) groups is 1. The van der Waals surface area contributed by atoms with Gasteiger partial charge in [0.2, 0.25) is 0 Å². The van der Waals surface area contributed by atoms with Crippen LogP contribution in [0.1, 0.15) is 10.4 Å². The van der Waals surface area contributed by atoms with Gasteiger partial charge in [-0.3, -0.25) is 4.79 Å². The lowest BCUT2D eigenvalue weighted by atomic mass is 10.2. The normalized spacial score (nSPS) is 9.56. The van der Waals surface area contributed by atoms with Crippen LogP contribution in [0.15, 0.2) is 12.1 Å². The number of ether oxygens (including phenoxy) is 1. The largest absolute Gasteiger partial charge is 0.496 e. The lowest BCUT2D eigenvalue weighted by Crippen LogP contribution is -2.30. The molecule has 1 amide bonds. The number of nitrogens with one attached hydrogen (secondary N) is 2. The van der Waals surface area contributed by atoms with E-state index in [1.807, 2.05) is 7.05 Å². The second-order valence-corrected chi connectivity index (χ2v) is 4.14. The first-order valence-electron chi connectivity index (χ1n) is 5.06. The Morgan fingerprint density at radius 2 is 1.89 bits per heavy atom. The van der Waals surface area contributed by atoms with Gasteiger partial charge >= 0.3 is 0 Å². The third-order valence-electron chi connectivity index (χ3n) is 2.15. The van der Waals surface area contributed by atoms with Crippen molar-refractivity contribution in [1.29, 1.82) is 0 Å². The molecule has 0 atom stereocenters. The van der Waals surface area contributed by atoms with Gasteiger partial charge in [-0.25, -0.2) is 0 Å². The van der Waals surface area contributed by atoms with Crippen LogP contribution in [-0.2, 0) is 0 Å². The summed E-state index contributed by atoms with van der Waals surface area (Å²) in [6.07, 6.45) is 0. The highest BCUT2D eigenvalue weighted by molar-refractivity contribution is 6.42. The maximum atomic E-state index is 11.8. The smallest absolute Gasteiger partial charge is 0.255 e. The molecule has 0 unspecified atom stereocenters. The molecule has 7 heteroatoms. The maximum absolute atomic E-state index is 11.8. The van der Waals surface area contributed by atoms with Gasteiger partial charge in [0.1, 0.15) is 5.75 Å². The summed E-state index contributed by atoms with van der Waals surface area (Å²) in [5.74, 6) is 0.164.